The highest BCUT2D eigenvalue weighted by atomic mass is 35.5. The van der Waals surface area contributed by atoms with Crippen molar-refractivity contribution < 1.29 is 23.7 Å². The standard InChI is InChI=1S/C20H24ClNO5/c1-12(2)11-27-16-7-6-14(10-15(16)21)22-20(23)13-8-17(24-3)19(26-5)18(9-13)25-4/h6-10,12H,11H2,1-5H3,(H,22,23). The molecule has 2 aromatic carbocycles. The van der Waals surface area contributed by atoms with Crippen molar-refractivity contribution in [1.82, 2.24) is 0 Å². The van der Waals surface area contributed by atoms with E-state index in [1.807, 2.05) is 0 Å². The Balaban J connectivity index is 2.21. The van der Waals surface area contributed by atoms with E-state index in [1.54, 1.807) is 30.3 Å². The maximum atomic E-state index is 12.6. The molecule has 0 aliphatic heterocycles. The van der Waals surface area contributed by atoms with E-state index >= 15 is 0 Å². The summed E-state index contributed by atoms with van der Waals surface area (Å²) in [5, 5.41) is 3.23. The van der Waals surface area contributed by atoms with Crippen molar-refractivity contribution in [3.05, 3.63) is 40.9 Å². The molecule has 0 bridgehead atoms. The molecule has 0 heterocycles. The highest BCUT2D eigenvalue weighted by Crippen LogP contribution is 2.38. The van der Waals surface area contributed by atoms with Crippen LogP contribution in [-0.4, -0.2) is 33.8 Å². The predicted octanol–water partition coefficient (Wildman–Crippen LogP) is 4.65. The highest BCUT2D eigenvalue weighted by molar-refractivity contribution is 6.32. The van der Waals surface area contributed by atoms with E-state index in [9.17, 15) is 4.79 Å². The van der Waals surface area contributed by atoms with Crippen LogP contribution >= 0.6 is 11.6 Å². The summed E-state index contributed by atoms with van der Waals surface area (Å²) in [5.74, 6) is 1.86. The number of halogens is 1. The van der Waals surface area contributed by atoms with Gasteiger partial charge in [-0.3, -0.25) is 4.79 Å². The molecule has 0 unspecified atom stereocenters. The summed E-state index contributed by atoms with van der Waals surface area (Å²) in [7, 11) is 4.49. The van der Waals surface area contributed by atoms with E-state index < -0.39 is 0 Å². The van der Waals surface area contributed by atoms with Gasteiger partial charge in [0.25, 0.3) is 5.91 Å². The Hall–Kier alpha value is -2.60. The normalized spacial score (nSPS) is 10.5. The highest BCUT2D eigenvalue weighted by Gasteiger charge is 2.17. The zero-order valence-electron chi connectivity index (χ0n) is 16.1. The summed E-state index contributed by atoms with van der Waals surface area (Å²) in [6.45, 7) is 4.68. The van der Waals surface area contributed by atoms with Gasteiger partial charge in [-0.15, -0.1) is 0 Å². The molecule has 0 aliphatic carbocycles. The minimum absolute atomic E-state index is 0.332. The number of rotatable bonds is 8. The molecular weight excluding hydrogens is 370 g/mol. The van der Waals surface area contributed by atoms with E-state index in [1.165, 1.54) is 21.3 Å². The fourth-order valence-electron chi connectivity index (χ4n) is 2.37. The first-order chi connectivity index (χ1) is 12.9. The van der Waals surface area contributed by atoms with Crippen LogP contribution in [0.15, 0.2) is 30.3 Å². The number of carbonyl (C=O) groups is 1. The van der Waals surface area contributed by atoms with Gasteiger partial charge in [-0.1, -0.05) is 25.4 Å². The van der Waals surface area contributed by atoms with E-state index in [-0.39, 0.29) is 5.91 Å². The van der Waals surface area contributed by atoms with Crippen molar-refractivity contribution in [3.63, 3.8) is 0 Å². The first kappa shape index (κ1) is 20.7. The first-order valence-electron chi connectivity index (χ1n) is 8.43. The fourth-order valence-corrected chi connectivity index (χ4v) is 2.60. The lowest BCUT2D eigenvalue weighted by atomic mass is 10.1. The maximum Gasteiger partial charge on any atom is 0.255 e. The second-order valence-electron chi connectivity index (χ2n) is 6.22. The lowest BCUT2D eigenvalue weighted by Crippen LogP contribution is -2.13. The van der Waals surface area contributed by atoms with Crippen molar-refractivity contribution >= 4 is 23.2 Å². The molecule has 2 rings (SSSR count). The minimum Gasteiger partial charge on any atom is -0.493 e. The summed E-state index contributed by atoms with van der Waals surface area (Å²) in [4.78, 5) is 12.6. The third-order valence-corrected chi connectivity index (χ3v) is 3.98. The van der Waals surface area contributed by atoms with Crippen LogP contribution in [0.5, 0.6) is 23.0 Å². The summed E-state index contributed by atoms with van der Waals surface area (Å²) < 4.78 is 21.5. The summed E-state index contributed by atoms with van der Waals surface area (Å²) >= 11 is 6.24. The molecule has 0 spiro atoms. The molecule has 146 valence electrons. The van der Waals surface area contributed by atoms with E-state index in [2.05, 4.69) is 19.2 Å². The molecule has 27 heavy (non-hydrogen) atoms. The Morgan fingerprint density at radius 2 is 1.63 bits per heavy atom. The Bertz CT molecular complexity index is 782. The number of methoxy groups -OCH3 is 3. The molecule has 0 saturated heterocycles. The van der Waals surface area contributed by atoms with Crippen molar-refractivity contribution in [3.8, 4) is 23.0 Å². The molecular formula is C20H24ClNO5. The fraction of sp³-hybridized carbons (Fsp3) is 0.350. The number of anilines is 1. The monoisotopic (exact) mass is 393 g/mol. The summed E-state index contributed by atoms with van der Waals surface area (Å²) in [6.07, 6.45) is 0. The summed E-state index contributed by atoms with van der Waals surface area (Å²) in [5.41, 5.74) is 0.913. The lowest BCUT2D eigenvalue weighted by Gasteiger charge is -2.14. The number of carbonyl (C=O) groups excluding carboxylic acids is 1. The van der Waals surface area contributed by atoms with Crippen LogP contribution in [0.25, 0.3) is 0 Å². The molecule has 0 fully saturated rings. The second kappa shape index (κ2) is 9.37. The van der Waals surface area contributed by atoms with Crippen LogP contribution in [-0.2, 0) is 0 Å². The number of hydrogen-bond acceptors (Lipinski definition) is 5. The first-order valence-corrected chi connectivity index (χ1v) is 8.81. The number of ether oxygens (including phenoxy) is 4. The Labute approximate surface area is 164 Å². The molecule has 1 amide bonds. The Kier molecular flexibility index (Phi) is 7.19. The van der Waals surface area contributed by atoms with E-state index in [4.69, 9.17) is 30.5 Å². The molecule has 1 N–H and O–H groups in total. The predicted molar refractivity (Wildman–Crippen MR) is 106 cm³/mol. The maximum absolute atomic E-state index is 12.6. The molecule has 0 atom stereocenters. The third-order valence-electron chi connectivity index (χ3n) is 3.69. The van der Waals surface area contributed by atoms with Gasteiger partial charge >= 0.3 is 0 Å². The number of nitrogens with one attached hydrogen (secondary N) is 1. The topological polar surface area (TPSA) is 66.0 Å². The second-order valence-corrected chi connectivity index (χ2v) is 6.63. The largest absolute Gasteiger partial charge is 0.493 e. The average molecular weight is 394 g/mol. The summed E-state index contributed by atoms with van der Waals surface area (Å²) in [6, 6.07) is 8.27. The Morgan fingerprint density at radius 1 is 1.00 bits per heavy atom. The van der Waals surface area contributed by atoms with E-state index in [0.717, 1.165) is 0 Å². The van der Waals surface area contributed by atoms with Crippen molar-refractivity contribution in [2.24, 2.45) is 5.92 Å². The molecule has 0 radical (unpaired) electrons. The van der Waals surface area contributed by atoms with Crippen LogP contribution in [0.1, 0.15) is 24.2 Å². The zero-order chi connectivity index (χ0) is 20.0. The van der Waals surface area contributed by atoms with Crippen molar-refractivity contribution in [2.75, 3.05) is 33.3 Å². The lowest BCUT2D eigenvalue weighted by molar-refractivity contribution is 0.102. The molecule has 6 nitrogen and oxygen atoms in total. The Morgan fingerprint density at radius 3 is 2.11 bits per heavy atom. The van der Waals surface area contributed by atoms with Crippen LogP contribution in [0.4, 0.5) is 5.69 Å². The SMILES string of the molecule is COc1cc(C(=O)Nc2ccc(OCC(C)C)c(Cl)c2)cc(OC)c1OC. The molecule has 2 aromatic rings. The number of amides is 1. The zero-order valence-corrected chi connectivity index (χ0v) is 16.8. The van der Waals surface area contributed by atoms with Gasteiger partial charge in [0, 0.05) is 11.3 Å². The van der Waals surface area contributed by atoms with Gasteiger partial charge in [0.1, 0.15) is 5.75 Å². The van der Waals surface area contributed by atoms with Gasteiger partial charge in [-0.25, -0.2) is 0 Å². The van der Waals surface area contributed by atoms with Crippen LogP contribution in [0.2, 0.25) is 5.02 Å². The molecule has 0 aliphatic rings. The molecule has 7 heteroatoms. The minimum atomic E-state index is -0.332. The quantitative estimate of drug-likeness (QED) is 0.706. The van der Waals surface area contributed by atoms with Crippen LogP contribution in [0, 0.1) is 5.92 Å². The molecule has 0 aromatic heterocycles. The number of benzene rings is 2. The van der Waals surface area contributed by atoms with E-state index in [0.29, 0.717) is 51.8 Å². The van der Waals surface area contributed by atoms with Crippen molar-refractivity contribution in [2.45, 2.75) is 13.8 Å². The van der Waals surface area contributed by atoms with Gasteiger partial charge in [0.05, 0.1) is 33.0 Å². The van der Waals surface area contributed by atoms with Gasteiger partial charge in [0.15, 0.2) is 11.5 Å². The van der Waals surface area contributed by atoms with Crippen LogP contribution < -0.4 is 24.3 Å². The van der Waals surface area contributed by atoms with Gasteiger partial charge in [-0.05, 0) is 36.2 Å². The van der Waals surface area contributed by atoms with Crippen LogP contribution in [0.3, 0.4) is 0 Å². The third kappa shape index (κ3) is 5.20. The van der Waals surface area contributed by atoms with Crippen molar-refractivity contribution in [1.29, 1.82) is 0 Å². The van der Waals surface area contributed by atoms with Gasteiger partial charge in [-0.2, -0.15) is 0 Å². The smallest absolute Gasteiger partial charge is 0.255 e. The number of hydrogen-bond donors (Lipinski definition) is 1. The van der Waals surface area contributed by atoms with Gasteiger partial charge in [0.2, 0.25) is 5.75 Å². The molecule has 0 saturated carbocycles. The van der Waals surface area contributed by atoms with Gasteiger partial charge < -0.3 is 24.3 Å². The average Bonchev–Trinajstić information content (AvgIpc) is 2.65.